The minimum absolute atomic E-state index is 0.0726. The molecule has 5 rings (SSSR count). The minimum atomic E-state index is -1.16. The highest BCUT2D eigenvalue weighted by atomic mass is 16.5. The lowest BCUT2D eigenvalue weighted by Gasteiger charge is -2.36. The van der Waals surface area contributed by atoms with Gasteiger partial charge in [0, 0.05) is 31.5 Å². The third-order valence-electron chi connectivity index (χ3n) is 8.69. The molecule has 1 aliphatic carbocycles. The molecular formula is C30H41N3O6. The maximum absolute atomic E-state index is 14.0. The molecule has 0 aromatic heterocycles. The van der Waals surface area contributed by atoms with Crippen LogP contribution >= 0.6 is 0 Å². The van der Waals surface area contributed by atoms with Gasteiger partial charge in [0.2, 0.25) is 17.7 Å². The molecule has 2 saturated heterocycles. The molecule has 39 heavy (non-hydrogen) atoms. The average molecular weight is 540 g/mol. The molecule has 3 fully saturated rings. The zero-order valence-electron chi connectivity index (χ0n) is 23.2. The second-order valence-corrected chi connectivity index (χ2v) is 11.1. The number of hydrogen-bond acceptors (Lipinski definition) is 6. The second kappa shape index (κ2) is 11.7. The van der Waals surface area contributed by atoms with Crippen LogP contribution in [0.15, 0.2) is 36.4 Å². The van der Waals surface area contributed by atoms with Gasteiger partial charge in [0.15, 0.2) is 0 Å². The molecule has 7 atom stereocenters. The van der Waals surface area contributed by atoms with Crippen LogP contribution in [0.4, 0.5) is 5.69 Å². The summed E-state index contributed by atoms with van der Waals surface area (Å²) in [6.45, 7) is 8.01. The second-order valence-electron chi connectivity index (χ2n) is 11.1. The van der Waals surface area contributed by atoms with Gasteiger partial charge in [0.25, 0.3) is 0 Å². The Kier molecular flexibility index (Phi) is 8.28. The highest BCUT2D eigenvalue weighted by Crippen LogP contribution is 2.55. The average Bonchev–Trinajstić information content (AvgIpc) is 3.56. The van der Waals surface area contributed by atoms with Crippen LogP contribution in [-0.4, -0.2) is 72.8 Å². The number of carbonyl (C=O) groups is 3. The molecule has 1 saturated carbocycles. The summed E-state index contributed by atoms with van der Waals surface area (Å²) in [4.78, 5) is 43.1. The molecule has 3 heterocycles. The number of benzene rings is 1. The summed E-state index contributed by atoms with van der Waals surface area (Å²) in [6, 6.07) is 6.40. The summed E-state index contributed by atoms with van der Waals surface area (Å²) in [5.41, 5.74) is -0.542. The van der Waals surface area contributed by atoms with Crippen molar-refractivity contribution in [1.82, 2.24) is 10.2 Å². The number of nitrogens with zero attached hydrogens (tertiary/aromatic N) is 1. The Morgan fingerprint density at radius 2 is 1.87 bits per heavy atom. The summed E-state index contributed by atoms with van der Waals surface area (Å²) in [5, 5.41) is 6.22. The van der Waals surface area contributed by atoms with Crippen LogP contribution in [0.2, 0.25) is 0 Å². The van der Waals surface area contributed by atoms with Crippen molar-refractivity contribution in [3.8, 4) is 5.75 Å². The van der Waals surface area contributed by atoms with E-state index in [1.807, 2.05) is 26.0 Å². The number of nitrogens with one attached hydrogen (secondary N) is 2. The SMILES string of the molecule is CCOCCCN1C(=O)C2C(C(=O)Nc3ccc(OCC)cc3)C3C=CC2(O3)C1C(=O)NC1CCCCC1C. The predicted octanol–water partition coefficient (Wildman–Crippen LogP) is 3.30. The third-order valence-corrected chi connectivity index (χ3v) is 8.69. The van der Waals surface area contributed by atoms with Gasteiger partial charge in [-0.3, -0.25) is 14.4 Å². The van der Waals surface area contributed by atoms with E-state index in [2.05, 4.69) is 17.6 Å². The monoisotopic (exact) mass is 539 g/mol. The van der Waals surface area contributed by atoms with Crippen molar-refractivity contribution in [1.29, 1.82) is 0 Å². The molecule has 3 aliphatic heterocycles. The molecule has 9 heteroatoms. The van der Waals surface area contributed by atoms with E-state index in [4.69, 9.17) is 14.2 Å². The lowest BCUT2D eigenvalue weighted by Crippen LogP contribution is -2.57. The first kappa shape index (κ1) is 27.6. The molecule has 2 bridgehead atoms. The molecule has 3 amide bonds. The summed E-state index contributed by atoms with van der Waals surface area (Å²) in [5.74, 6) is -1.08. The Balaban J connectivity index is 1.38. The van der Waals surface area contributed by atoms with Gasteiger partial charge in [-0.2, -0.15) is 0 Å². The van der Waals surface area contributed by atoms with Crippen LogP contribution in [0, 0.1) is 17.8 Å². The molecule has 1 spiro atoms. The van der Waals surface area contributed by atoms with Crippen LogP contribution in [0.1, 0.15) is 52.9 Å². The van der Waals surface area contributed by atoms with Crippen molar-refractivity contribution in [3.05, 3.63) is 36.4 Å². The van der Waals surface area contributed by atoms with Gasteiger partial charge in [-0.15, -0.1) is 0 Å². The molecule has 9 nitrogen and oxygen atoms in total. The van der Waals surface area contributed by atoms with E-state index in [1.54, 1.807) is 29.2 Å². The van der Waals surface area contributed by atoms with E-state index >= 15 is 0 Å². The molecule has 7 unspecified atom stereocenters. The highest BCUT2D eigenvalue weighted by molar-refractivity contribution is 6.02. The highest BCUT2D eigenvalue weighted by Gasteiger charge is 2.72. The van der Waals surface area contributed by atoms with Crippen LogP contribution in [0.25, 0.3) is 0 Å². The molecule has 0 radical (unpaired) electrons. The van der Waals surface area contributed by atoms with Crippen molar-refractivity contribution < 1.29 is 28.6 Å². The fourth-order valence-electron chi connectivity index (χ4n) is 6.81. The molecule has 4 aliphatic rings. The Morgan fingerprint density at radius 1 is 1.10 bits per heavy atom. The van der Waals surface area contributed by atoms with Gasteiger partial charge < -0.3 is 29.7 Å². The predicted molar refractivity (Wildman–Crippen MR) is 146 cm³/mol. The molecule has 2 N–H and O–H groups in total. The maximum Gasteiger partial charge on any atom is 0.246 e. The smallest absolute Gasteiger partial charge is 0.246 e. The number of rotatable bonds is 11. The van der Waals surface area contributed by atoms with E-state index < -0.39 is 29.6 Å². The van der Waals surface area contributed by atoms with E-state index in [1.165, 1.54) is 6.42 Å². The number of amides is 3. The van der Waals surface area contributed by atoms with E-state index in [9.17, 15) is 14.4 Å². The number of fused-ring (bicyclic) bond motifs is 1. The number of hydrogen-bond donors (Lipinski definition) is 2. The number of anilines is 1. The largest absolute Gasteiger partial charge is 0.494 e. The summed E-state index contributed by atoms with van der Waals surface area (Å²) in [6.07, 6.45) is 8.00. The lowest BCUT2D eigenvalue weighted by atomic mass is 9.74. The summed E-state index contributed by atoms with van der Waals surface area (Å²) >= 11 is 0. The van der Waals surface area contributed by atoms with Crippen LogP contribution < -0.4 is 15.4 Å². The number of carbonyl (C=O) groups excluding carboxylic acids is 3. The Morgan fingerprint density at radius 3 is 2.59 bits per heavy atom. The van der Waals surface area contributed by atoms with E-state index in [0.717, 1.165) is 25.0 Å². The number of likely N-dealkylation sites (tertiary alicyclic amines) is 1. The topological polar surface area (TPSA) is 106 Å². The van der Waals surface area contributed by atoms with Gasteiger partial charge in [-0.25, -0.2) is 0 Å². The minimum Gasteiger partial charge on any atom is -0.494 e. The first-order valence-corrected chi connectivity index (χ1v) is 14.5. The quantitative estimate of drug-likeness (QED) is 0.330. The lowest BCUT2D eigenvalue weighted by molar-refractivity contribution is -0.141. The first-order chi connectivity index (χ1) is 18.9. The van der Waals surface area contributed by atoms with Gasteiger partial charge in [0.1, 0.15) is 17.4 Å². The molecular weight excluding hydrogens is 498 g/mol. The van der Waals surface area contributed by atoms with Crippen molar-refractivity contribution >= 4 is 23.4 Å². The zero-order chi connectivity index (χ0) is 27.6. The summed E-state index contributed by atoms with van der Waals surface area (Å²) < 4.78 is 17.4. The van der Waals surface area contributed by atoms with Crippen LogP contribution in [0.3, 0.4) is 0 Å². The van der Waals surface area contributed by atoms with E-state index in [-0.39, 0.29) is 23.8 Å². The third kappa shape index (κ3) is 5.18. The fourth-order valence-corrected chi connectivity index (χ4v) is 6.81. The molecule has 212 valence electrons. The van der Waals surface area contributed by atoms with Crippen molar-refractivity contribution in [2.24, 2.45) is 17.8 Å². The van der Waals surface area contributed by atoms with Crippen LogP contribution in [-0.2, 0) is 23.9 Å². The van der Waals surface area contributed by atoms with Crippen molar-refractivity contribution in [2.75, 3.05) is 31.7 Å². The Hall–Kier alpha value is -2.91. The van der Waals surface area contributed by atoms with Crippen molar-refractivity contribution in [2.45, 2.75) is 76.7 Å². The van der Waals surface area contributed by atoms with Gasteiger partial charge in [0.05, 0.1) is 24.5 Å². The normalized spacial score (nSPS) is 32.8. The van der Waals surface area contributed by atoms with Gasteiger partial charge in [-0.1, -0.05) is 31.9 Å². The fraction of sp³-hybridized carbons (Fsp3) is 0.633. The molecule has 1 aromatic carbocycles. The maximum atomic E-state index is 14.0. The number of ether oxygens (including phenoxy) is 3. The first-order valence-electron chi connectivity index (χ1n) is 14.5. The molecule has 1 aromatic rings. The Bertz CT molecular complexity index is 1090. The van der Waals surface area contributed by atoms with Crippen molar-refractivity contribution in [3.63, 3.8) is 0 Å². The summed E-state index contributed by atoms with van der Waals surface area (Å²) in [7, 11) is 0. The Labute approximate surface area is 230 Å². The van der Waals surface area contributed by atoms with Gasteiger partial charge >= 0.3 is 0 Å². The van der Waals surface area contributed by atoms with Crippen LogP contribution in [0.5, 0.6) is 5.75 Å². The standard InChI is InChI=1S/C30H41N3O6/c1-4-37-18-8-17-33-26(28(35)32-22-10-7-6-9-19(22)3)30-16-15-23(39-30)24(25(30)29(33)36)27(34)31-20-11-13-21(14-12-20)38-5-2/h11-16,19,22-26H,4-10,17-18H2,1-3H3,(H,31,34)(H,32,35). The van der Waals surface area contributed by atoms with Gasteiger partial charge in [-0.05, 0) is 63.3 Å². The van der Waals surface area contributed by atoms with E-state index in [0.29, 0.717) is 44.4 Å². The zero-order valence-corrected chi connectivity index (χ0v) is 23.2.